The summed E-state index contributed by atoms with van der Waals surface area (Å²) < 4.78 is 40.9. The second-order valence-corrected chi connectivity index (χ2v) is 9.16. The Morgan fingerprint density at radius 1 is 1.34 bits per heavy atom. The number of rotatable bonds is 8. The number of fused-ring (bicyclic) bond motifs is 1. The van der Waals surface area contributed by atoms with Gasteiger partial charge >= 0.3 is 0 Å². The molecule has 1 aliphatic rings. The summed E-state index contributed by atoms with van der Waals surface area (Å²) in [6.07, 6.45) is 4.13. The van der Waals surface area contributed by atoms with Crippen molar-refractivity contribution >= 4 is 32.5 Å². The highest BCUT2D eigenvalue weighted by Crippen LogP contribution is 2.41. The highest BCUT2D eigenvalue weighted by atomic mass is 32.2. The van der Waals surface area contributed by atoms with Crippen molar-refractivity contribution in [3.05, 3.63) is 53.1 Å². The highest BCUT2D eigenvalue weighted by molar-refractivity contribution is 7.92. The van der Waals surface area contributed by atoms with Crippen molar-refractivity contribution in [2.45, 2.75) is 38.5 Å². The maximum Gasteiger partial charge on any atom is 0.232 e. The van der Waals surface area contributed by atoms with Gasteiger partial charge in [-0.05, 0) is 43.0 Å². The van der Waals surface area contributed by atoms with E-state index in [0.29, 0.717) is 23.5 Å². The number of H-pyrrole nitrogens is 1. The van der Waals surface area contributed by atoms with E-state index >= 15 is 0 Å². The third-order valence-corrected chi connectivity index (χ3v) is 6.36. The molecule has 1 aromatic carbocycles. The Balaban J connectivity index is 1.58. The van der Waals surface area contributed by atoms with Crippen LogP contribution >= 0.6 is 0 Å². The number of carbonyl (C=O) groups is 1. The third-order valence-electron chi connectivity index (χ3n) is 4.88. The van der Waals surface area contributed by atoms with Crippen LogP contribution in [0.15, 0.2) is 30.5 Å². The Kier molecular flexibility index (Phi) is 5.08. The number of hydrogen-bond donors (Lipinski definition) is 2. The average Bonchev–Trinajstić information content (AvgIpc) is 3.42. The van der Waals surface area contributed by atoms with Crippen LogP contribution in [0, 0.1) is 5.82 Å². The normalized spacial score (nSPS) is 14.3. The van der Waals surface area contributed by atoms with Gasteiger partial charge in [0.2, 0.25) is 10.0 Å². The molecule has 9 heteroatoms. The molecule has 152 valence electrons. The fourth-order valence-corrected chi connectivity index (χ4v) is 4.47. The summed E-state index contributed by atoms with van der Waals surface area (Å²) in [5.74, 6) is -0.979. The molecule has 2 N–H and O–H groups in total. The summed E-state index contributed by atoms with van der Waals surface area (Å²) in [6, 6.07) is 5.99. The molecule has 1 saturated carbocycles. The molecule has 0 amide bonds. The van der Waals surface area contributed by atoms with Gasteiger partial charge in [-0.25, -0.2) is 17.8 Å². The molecule has 0 aliphatic heterocycles. The number of hydrogen-bond acceptors (Lipinski definition) is 5. The van der Waals surface area contributed by atoms with Crippen molar-refractivity contribution in [1.29, 1.82) is 0 Å². The monoisotopic (exact) mass is 416 g/mol. The number of sulfonamides is 1. The van der Waals surface area contributed by atoms with Gasteiger partial charge in [-0.3, -0.25) is 14.6 Å². The van der Waals surface area contributed by atoms with Gasteiger partial charge in [-0.2, -0.15) is 5.10 Å². The first-order valence-electron chi connectivity index (χ1n) is 9.53. The molecule has 2 heterocycles. The number of nitrogens with one attached hydrogen (secondary N) is 2. The average molecular weight is 416 g/mol. The maximum atomic E-state index is 14.8. The molecule has 0 unspecified atom stereocenters. The zero-order valence-electron chi connectivity index (χ0n) is 15.9. The highest BCUT2D eigenvalue weighted by Gasteiger charge is 2.28. The molecule has 0 radical (unpaired) electrons. The van der Waals surface area contributed by atoms with Crippen LogP contribution in [0.2, 0.25) is 0 Å². The van der Waals surface area contributed by atoms with Crippen LogP contribution in [0.3, 0.4) is 0 Å². The number of benzene rings is 1. The lowest BCUT2D eigenvalue weighted by atomic mass is 10.0. The molecule has 0 atom stereocenters. The predicted octanol–water partition coefficient (Wildman–Crippen LogP) is 3.55. The first-order chi connectivity index (χ1) is 13.9. The lowest BCUT2D eigenvalue weighted by Gasteiger charge is -2.10. The Morgan fingerprint density at radius 3 is 2.86 bits per heavy atom. The van der Waals surface area contributed by atoms with Crippen molar-refractivity contribution in [3.8, 4) is 0 Å². The van der Waals surface area contributed by atoms with E-state index in [1.54, 1.807) is 13.1 Å². The Bertz CT molecular complexity index is 1190. The quantitative estimate of drug-likeness (QED) is 0.547. The fourth-order valence-electron chi connectivity index (χ4n) is 3.34. The van der Waals surface area contributed by atoms with E-state index in [-0.39, 0.29) is 23.4 Å². The lowest BCUT2D eigenvalue weighted by molar-refractivity contribution is 0.0989. The minimum atomic E-state index is -3.66. The number of nitrogens with zero attached hydrogens (tertiary/aromatic N) is 2. The van der Waals surface area contributed by atoms with E-state index in [4.69, 9.17) is 0 Å². The van der Waals surface area contributed by atoms with E-state index in [1.807, 2.05) is 6.07 Å². The number of pyridine rings is 1. The Labute approximate surface area is 167 Å². The molecule has 0 spiro atoms. The van der Waals surface area contributed by atoms with Crippen LogP contribution in [0.5, 0.6) is 0 Å². The Morgan fingerprint density at radius 2 is 2.14 bits per heavy atom. The molecule has 2 aromatic heterocycles. The van der Waals surface area contributed by atoms with Crippen molar-refractivity contribution in [2.75, 3.05) is 10.5 Å². The number of anilines is 1. The molecule has 3 aromatic rings. The van der Waals surface area contributed by atoms with Crippen LogP contribution in [0.4, 0.5) is 10.1 Å². The molecular weight excluding hydrogens is 395 g/mol. The second-order valence-electron chi connectivity index (χ2n) is 7.31. The van der Waals surface area contributed by atoms with Crippen molar-refractivity contribution in [1.82, 2.24) is 15.2 Å². The van der Waals surface area contributed by atoms with Crippen molar-refractivity contribution in [3.63, 3.8) is 0 Å². The summed E-state index contributed by atoms with van der Waals surface area (Å²) in [5.41, 5.74) is 1.91. The number of ketones is 1. The van der Waals surface area contributed by atoms with Gasteiger partial charge in [-0.1, -0.05) is 13.0 Å². The number of halogens is 1. The van der Waals surface area contributed by atoms with Gasteiger partial charge in [0.25, 0.3) is 0 Å². The molecule has 7 nitrogen and oxygen atoms in total. The largest absolute Gasteiger partial charge is 0.294 e. The lowest BCUT2D eigenvalue weighted by Crippen LogP contribution is -2.18. The number of aromatic nitrogens is 3. The zero-order valence-corrected chi connectivity index (χ0v) is 16.7. The fraction of sp³-hybridized carbons (Fsp3) is 0.350. The molecule has 29 heavy (non-hydrogen) atoms. The molecule has 1 fully saturated rings. The second kappa shape index (κ2) is 7.55. The van der Waals surface area contributed by atoms with Crippen LogP contribution < -0.4 is 4.72 Å². The van der Waals surface area contributed by atoms with E-state index in [2.05, 4.69) is 19.9 Å². The summed E-state index contributed by atoms with van der Waals surface area (Å²) in [5, 5.41) is 8.09. The first-order valence-corrected chi connectivity index (χ1v) is 11.2. The number of carbonyl (C=O) groups excluding carboxylic acids is 1. The third kappa shape index (κ3) is 4.14. The van der Waals surface area contributed by atoms with E-state index in [1.165, 1.54) is 18.2 Å². The standard InChI is InChI=1S/C20H21FN4O3S/c1-2-8-29(27,28)25-16-5-3-4-14(18(16)21)17(26)10-12-9-15-19(13-6-7-13)23-24-20(15)22-11-12/h3-5,9,11,13,25H,2,6-8,10H2,1H3,(H,22,23,24). The SMILES string of the molecule is CCCS(=O)(=O)Nc1cccc(C(=O)Cc2cnc3n[nH]c(C4CC4)c3c2)c1F. The topological polar surface area (TPSA) is 105 Å². The van der Waals surface area contributed by atoms with Crippen molar-refractivity contribution < 1.29 is 17.6 Å². The summed E-state index contributed by atoms with van der Waals surface area (Å²) >= 11 is 0. The van der Waals surface area contributed by atoms with Gasteiger partial charge in [0.1, 0.15) is 0 Å². The summed E-state index contributed by atoms with van der Waals surface area (Å²) in [6.45, 7) is 1.72. The van der Waals surface area contributed by atoms with Crippen LogP contribution in [-0.4, -0.2) is 35.1 Å². The van der Waals surface area contributed by atoms with Gasteiger partial charge in [0.05, 0.1) is 17.0 Å². The van der Waals surface area contributed by atoms with Crippen LogP contribution in [0.25, 0.3) is 11.0 Å². The Hall–Kier alpha value is -2.81. The summed E-state index contributed by atoms with van der Waals surface area (Å²) in [7, 11) is -3.66. The minimum Gasteiger partial charge on any atom is -0.294 e. The van der Waals surface area contributed by atoms with Crippen molar-refractivity contribution in [2.24, 2.45) is 0 Å². The smallest absolute Gasteiger partial charge is 0.232 e. The maximum absolute atomic E-state index is 14.8. The van der Waals surface area contributed by atoms with E-state index < -0.39 is 21.6 Å². The van der Waals surface area contributed by atoms with Gasteiger partial charge < -0.3 is 0 Å². The minimum absolute atomic E-state index is 0.0414. The first kappa shape index (κ1) is 19.5. The molecule has 0 saturated heterocycles. The van der Waals surface area contributed by atoms with E-state index in [9.17, 15) is 17.6 Å². The molecule has 0 bridgehead atoms. The van der Waals surface area contributed by atoms with Gasteiger partial charge in [0.15, 0.2) is 17.2 Å². The number of aromatic amines is 1. The summed E-state index contributed by atoms with van der Waals surface area (Å²) in [4.78, 5) is 17.0. The molecule has 1 aliphatic carbocycles. The van der Waals surface area contributed by atoms with E-state index in [0.717, 1.165) is 23.9 Å². The molecule has 4 rings (SSSR count). The predicted molar refractivity (Wildman–Crippen MR) is 108 cm³/mol. The molecular formula is C20H21FN4O3S. The number of Topliss-reactive ketones (excluding diaryl/α,β-unsaturated/α-hetero) is 1. The zero-order chi connectivity index (χ0) is 20.6. The van der Waals surface area contributed by atoms with Gasteiger partial charge in [0, 0.05) is 29.6 Å². The van der Waals surface area contributed by atoms with Gasteiger partial charge in [-0.15, -0.1) is 0 Å². The van der Waals surface area contributed by atoms with Crippen LogP contribution in [-0.2, 0) is 16.4 Å². The van der Waals surface area contributed by atoms with Crippen LogP contribution in [0.1, 0.15) is 53.7 Å².